The number of rotatable bonds is 6. The fraction of sp³-hybridized carbons (Fsp3) is 0.467. The van der Waals surface area contributed by atoms with Gasteiger partial charge in [0, 0.05) is 25.7 Å². The Labute approximate surface area is 119 Å². The highest BCUT2D eigenvalue weighted by atomic mass is 16.5. The molecule has 1 aliphatic rings. The van der Waals surface area contributed by atoms with Gasteiger partial charge in [0.2, 0.25) is 5.78 Å². The summed E-state index contributed by atoms with van der Waals surface area (Å²) in [5.74, 6) is 1.03. The SMILES string of the molecule is C=C(OCC)C(=O)Cc1ccc(N2CCOCC2)nc1. The van der Waals surface area contributed by atoms with Crippen LogP contribution in [0.25, 0.3) is 0 Å². The van der Waals surface area contributed by atoms with Crippen molar-refractivity contribution >= 4 is 11.6 Å². The number of morpholine rings is 1. The highest BCUT2D eigenvalue weighted by Gasteiger charge is 2.13. The number of carbonyl (C=O) groups is 1. The molecule has 0 unspecified atom stereocenters. The lowest BCUT2D eigenvalue weighted by Gasteiger charge is -2.27. The summed E-state index contributed by atoms with van der Waals surface area (Å²) in [4.78, 5) is 18.4. The summed E-state index contributed by atoms with van der Waals surface area (Å²) < 4.78 is 10.4. The van der Waals surface area contributed by atoms with Crippen molar-refractivity contribution in [3.05, 3.63) is 36.2 Å². The molecular weight excluding hydrogens is 256 g/mol. The maximum absolute atomic E-state index is 11.8. The highest BCUT2D eigenvalue weighted by molar-refractivity contribution is 5.94. The number of ketones is 1. The summed E-state index contributed by atoms with van der Waals surface area (Å²) in [7, 11) is 0. The standard InChI is InChI=1S/C15H20N2O3/c1-3-20-12(2)14(18)10-13-4-5-15(16-11-13)17-6-8-19-9-7-17/h4-5,11H,2-3,6-10H2,1H3. The molecule has 0 atom stereocenters. The van der Waals surface area contributed by atoms with E-state index in [0.717, 1.165) is 37.7 Å². The molecule has 1 aromatic rings. The van der Waals surface area contributed by atoms with Gasteiger partial charge in [0.1, 0.15) is 5.82 Å². The average Bonchev–Trinajstić information content (AvgIpc) is 2.49. The Morgan fingerprint density at radius 3 is 2.80 bits per heavy atom. The third-order valence-electron chi connectivity index (χ3n) is 3.14. The molecule has 1 aliphatic heterocycles. The lowest BCUT2D eigenvalue weighted by Crippen LogP contribution is -2.36. The number of carbonyl (C=O) groups excluding carboxylic acids is 1. The molecule has 0 aromatic carbocycles. The Morgan fingerprint density at radius 2 is 2.20 bits per heavy atom. The number of allylic oxidation sites excluding steroid dienone is 1. The van der Waals surface area contributed by atoms with Crippen molar-refractivity contribution in [1.29, 1.82) is 0 Å². The summed E-state index contributed by atoms with van der Waals surface area (Å²) in [6.07, 6.45) is 2.01. The summed E-state index contributed by atoms with van der Waals surface area (Å²) in [6, 6.07) is 3.87. The van der Waals surface area contributed by atoms with E-state index in [-0.39, 0.29) is 18.0 Å². The number of anilines is 1. The topological polar surface area (TPSA) is 51.7 Å². The van der Waals surface area contributed by atoms with E-state index in [1.165, 1.54) is 0 Å². The van der Waals surface area contributed by atoms with Crippen LogP contribution < -0.4 is 4.90 Å². The zero-order valence-corrected chi connectivity index (χ0v) is 11.8. The first-order valence-corrected chi connectivity index (χ1v) is 6.83. The number of aromatic nitrogens is 1. The number of Topliss-reactive ketones (excluding diaryl/α,β-unsaturated/α-hetero) is 1. The van der Waals surface area contributed by atoms with E-state index in [0.29, 0.717) is 6.61 Å². The molecule has 0 N–H and O–H groups in total. The van der Waals surface area contributed by atoms with Gasteiger partial charge in [0.25, 0.3) is 0 Å². The van der Waals surface area contributed by atoms with Gasteiger partial charge in [-0.15, -0.1) is 0 Å². The van der Waals surface area contributed by atoms with Gasteiger partial charge in [-0.25, -0.2) is 4.98 Å². The quantitative estimate of drug-likeness (QED) is 0.583. The van der Waals surface area contributed by atoms with Gasteiger partial charge >= 0.3 is 0 Å². The molecule has 2 rings (SSSR count). The van der Waals surface area contributed by atoms with Crippen LogP contribution in [0.5, 0.6) is 0 Å². The zero-order valence-electron chi connectivity index (χ0n) is 11.8. The zero-order chi connectivity index (χ0) is 14.4. The normalized spacial score (nSPS) is 14.9. The monoisotopic (exact) mass is 276 g/mol. The maximum Gasteiger partial charge on any atom is 0.201 e. The Morgan fingerprint density at radius 1 is 1.45 bits per heavy atom. The van der Waals surface area contributed by atoms with Crippen LogP contribution in [0.3, 0.4) is 0 Å². The summed E-state index contributed by atoms with van der Waals surface area (Å²) in [5, 5.41) is 0. The van der Waals surface area contributed by atoms with Crippen molar-refractivity contribution < 1.29 is 14.3 Å². The Bertz CT molecular complexity index is 465. The Balaban J connectivity index is 1.94. The predicted molar refractivity (Wildman–Crippen MR) is 76.7 cm³/mol. The van der Waals surface area contributed by atoms with Crippen LogP contribution in [-0.2, 0) is 20.7 Å². The van der Waals surface area contributed by atoms with Crippen LogP contribution >= 0.6 is 0 Å². The van der Waals surface area contributed by atoms with E-state index in [4.69, 9.17) is 9.47 Å². The van der Waals surface area contributed by atoms with Crippen LogP contribution in [0.2, 0.25) is 0 Å². The van der Waals surface area contributed by atoms with Crippen LogP contribution in [0.4, 0.5) is 5.82 Å². The van der Waals surface area contributed by atoms with Crippen molar-refractivity contribution in [3.8, 4) is 0 Å². The van der Waals surface area contributed by atoms with Gasteiger partial charge in [-0.2, -0.15) is 0 Å². The minimum atomic E-state index is -0.104. The molecule has 5 nitrogen and oxygen atoms in total. The van der Waals surface area contributed by atoms with Crippen LogP contribution in [-0.4, -0.2) is 43.7 Å². The highest BCUT2D eigenvalue weighted by Crippen LogP contribution is 2.14. The van der Waals surface area contributed by atoms with Gasteiger partial charge in [0.15, 0.2) is 5.76 Å². The molecular formula is C15H20N2O3. The number of hydrogen-bond acceptors (Lipinski definition) is 5. The van der Waals surface area contributed by atoms with Crippen molar-refractivity contribution in [1.82, 2.24) is 4.98 Å². The number of nitrogens with zero attached hydrogens (tertiary/aromatic N) is 2. The lowest BCUT2D eigenvalue weighted by molar-refractivity contribution is -0.118. The van der Waals surface area contributed by atoms with Gasteiger partial charge in [-0.1, -0.05) is 12.6 Å². The minimum absolute atomic E-state index is 0.104. The average molecular weight is 276 g/mol. The van der Waals surface area contributed by atoms with Crippen molar-refractivity contribution in [2.24, 2.45) is 0 Å². The Kier molecular flexibility index (Phi) is 5.12. The van der Waals surface area contributed by atoms with E-state index < -0.39 is 0 Å². The van der Waals surface area contributed by atoms with Gasteiger partial charge in [-0.05, 0) is 18.6 Å². The van der Waals surface area contributed by atoms with E-state index in [9.17, 15) is 4.79 Å². The van der Waals surface area contributed by atoms with E-state index in [1.54, 1.807) is 6.20 Å². The lowest BCUT2D eigenvalue weighted by atomic mass is 10.1. The second kappa shape index (κ2) is 7.05. The van der Waals surface area contributed by atoms with E-state index in [2.05, 4.69) is 16.5 Å². The number of hydrogen-bond donors (Lipinski definition) is 0. The second-order valence-electron chi connectivity index (χ2n) is 4.58. The van der Waals surface area contributed by atoms with Crippen molar-refractivity contribution in [2.75, 3.05) is 37.8 Å². The molecule has 108 valence electrons. The Hall–Kier alpha value is -1.88. The molecule has 0 bridgehead atoms. The molecule has 1 saturated heterocycles. The third kappa shape index (κ3) is 3.81. The molecule has 1 fully saturated rings. The molecule has 0 saturated carbocycles. The third-order valence-corrected chi connectivity index (χ3v) is 3.14. The first-order chi connectivity index (χ1) is 9.70. The fourth-order valence-corrected chi connectivity index (χ4v) is 2.04. The molecule has 2 heterocycles. The summed E-state index contributed by atoms with van der Waals surface area (Å²) in [6.45, 7) is 9.08. The first kappa shape index (κ1) is 14.5. The molecule has 0 aliphatic carbocycles. The molecule has 0 amide bonds. The maximum atomic E-state index is 11.8. The smallest absolute Gasteiger partial charge is 0.201 e. The predicted octanol–water partition coefficient (Wildman–Crippen LogP) is 1.58. The summed E-state index contributed by atoms with van der Waals surface area (Å²) in [5.41, 5.74) is 0.868. The summed E-state index contributed by atoms with van der Waals surface area (Å²) >= 11 is 0. The molecule has 0 spiro atoms. The molecule has 1 aromatic heterocycles. The van der Waals surface area contributed by atoms with Crippen molar-refractivity contribution in [2.45, 2.75) is 13.3 Å². The van der Waals surface area contributed by atoms with Crippen molar-refractivity contribution in [3.63, 3.8) is 0 Å². The molecule has 20 heavy (non-hydrogen) atoms. The van der Waals surface area contributed by atoms with Gasteiger partial charge in [0.05, 0.1) is 19.8 Å². The number of pyridine rings is 1. The minimum Gasteiger partial charge on any atom is -0.491 e. The molecule has 0 radical (unpaired) electrons. The van der Waals surface area contributed by atoms with Crippen LogP contribution in [0, 0.1) is 0 Å². The molecule has 5 heteroatoms. The van der Waals surface area contributed by atoms with E-state index in [1.807, 2.05) is 19.1 Å². The number of ether oxygens (including phenoxy) is 2. The van der Waals surface area contributed by atoms with E-state index >= 15 is 0 Å². The van der Waals surface area contributed by atoms with Crippen LogP contribution in [0.15, 0.2) is 30.7 Å². The van der Waals surface area contributed by atoms with Crippen LogP contribution in [0.1, 0.15) is 12.5 Å². The van der Waals surface area contributed by atoms with Gasteiger partial charge in [-0.3, -0.25) is 4.79 Å². The largest absolute Gasteiger partial charge is 0.491 e. The fourth-order valence-electron chi connectivity index (χ4n) is 2.04. The first-order valence-electron chi connectivity index (χ1n) is 6.83. The second-order valence-corrected chi connectivity index (χ2v) is 4.58. The van der Waals surface area contributed by atoms with Gasteiger partial charge < -0.3 is 14.4 Å².